The Bertz CT molecular complexity index is 511. The predicted molar refractivity (Wildman–Crippen MR) is 83.2 cm³/mol. The van der Waals surface area contributed by atoms with Crippen LogP contribution >= 0.6 is 0 Å². The first-order valence-corrected chi connectivity index (χ1v) is 8.01. The number of para-hydroxylation sites is 1. The molecule has 0 spiro atoms. The molecule has 0 saturated heterocycles. The van der Waals surface area contributed by atoms with E-state index in [-0.39, 0.29) is 11.9 Å². The molecule has 21 heavy (non-hydrogen) atoms. The second kappa shape index (κ2) is 6.06. The molecular weight excluding hydrogens is 264 g/mol. The highest BCUT2D eigenvalue weighted by molar-refractivity contribution is 5.85. The van der Waals surface area contributed by atoms with Gasteiger partial charge in [-0.15, -0.1) is 0 Å². The molecule has 1 fully saturated rings. The molecule has 1 amide bonds. The molecule has 0 radical (unpaired) electrons. The number of anilines is 1. The number of aliphatic hydroxyl groups is 1. The van der Waals surface area contributed by atoms with Crippen molar-refractivity contribution in [2.75, 3.05) is 11.4 Å². The van der Waals surface area contributed by atoms with Gasteiger partial charge in [0, 0.05) is 23.8 Å². The van der Waals surface area contributed by atoms with Crippen LogP contribution in [0.3, 0.4) is 0 Å². The summed E-state index contributed by atoms with van der Waals surface area (Å²) in [6.45, 7) is 2.68. The lowest BCUT2D eigenvalue weighted by Crippen LogP contribution is -2.49. The lowest BCUT2D eigenvalue weighted by Gasteiger charge is -2.37. The highest BCUT2D eigenvalue weighted by atomic mass is 16.3. The minimum atomic E-state index is -0.414. The summed E-state index contributed by atoms with van der Waals surface area (Å²) >= 11 is 0. The summed E-state index contributed by atoms with van der Waals surface area (Å²) in [5, 5.41) is 13.3. The molecule has 1 saturated carbocycles. The van der Waals surface area contributed by atoms with Crippen molar-refractivity contribution < 1.29 is 9.90 Å². The summed E-state index contributed by atoms with van der Waals surface area (Å²) in [6, 6.07) is 8.01. The van der Waals surface area contributed by atoms with Gasteiger partial charge in [-0.2, -0.15) is 0 Å². The van der Waals surface area contributed by atoms with Crippen LogP contribution in [-0.2, 0) is 4.79 Å². The number of aliphatic hydroxyl groups excluding tert-OH is 1. The zero-order valence-electron chi connectivity index (χ0n) is 12.6. The number of nitrogens with zero attached hydrogens (tertiary/aromatic N) is 1. The van der Waals surface area contributed by atoms with E-state index in [4.69, 9.17) is 0 Å². The average molecular weight is 288 g/mol. The predicted octanol–water partition coefficient (Wildman–Crippen LogP) is 2.38. The van der Waals surface area contributed by atoms with Crippen molar-refractivity contribution >= 4 is 11.6 Å². The van der Waals surface area contributed by atoms with Crippen molar-refractivity contribution in [3.05, 3.63) is 29.8 Å². The number of fused-ring (bicyclic) bond motifs is 1. The number of benzene rings is 1. The molecular formula is C17H24N2O2. The van der Waals surface area contributed by atoms with Crippen molar-refractivity contribution in [3.8, 4) is 0 Å². The summed E-state index contributed by atoms with van der Waals surface area (Å²) in [4.78, 5) is 14.6. The molecule has 2 unspecified atom stereocenters. The van der Waals surface area contributed by atoms with Gasteiger partial charge in [-0.3, -0.25) is 4.79 Å². The van der Waals surface area contributed by atoms with E-state index in [0.29, 0.717) is 12.5 Å². The molecule has 0 aromatic heterocycles. The molecule has 2 aliphatic rings. The monoisotopic (exact) mass is 288 g/mol. The molecule has 0 bridgehead atoms. The topological polar surface area (TPSA) is 52.6 Å². The van der Waals surface area contributed by atoms with Crippen molar-refractivity contribution in [3.63, 3.8) is 0 Å². The van der Waals surface area contributed by atoms with Gasteiger partial charge in [0.1, 0.15) is 6.04 Å². The van der Waals surface area contributed by atoms with Crippen LogP contribution in [0.1, 0.15) is 50.7 Å². The molecule has 4 heteroatoms. The Labute approximate surface area is 126 Å². The molecule has 4 nitrogen and oxygen atoms in total. The first-order valence-electron chi connectivity index (χ1n) is 8.01. The van der Waals surface area contributed by atoms with Gasteiger partial charge in [-0.1, -0.05) is 31.0 Å². The van der Waals surface area contributed by atoms with E-state index in [9.17, 15) is 9.90 Å². The van der Waals surface area contributed by atoms with E-state index >= 15 is 0 Å². The standard InChI is InChI=1S/C17H24N2O2/c1-12(17(21)18-13-6-2-3-7-13)19-11-10-16(20)14-8-4-5-9-15(14)19/h4-5,8-9,12-13,16,20H,2-3,6-7,10-11H2,1H3,(H,18,21). The average Bonchev–Trinajstić information content (AvgIpc) is 3.00. The number of nitrogens with one attached hydrogen (secondary N) is 1. The van der Waals surface area contributed by atoms with Crippen LogP contribution in [-0.4, -0.2) is 29.6 Å². The molecule has 1 heterocycles. The maximum Gasteiger partial charge on any atom is 0.242 e. The van der Waals surface area contributed by atoms with Crippen LogP contribution in [0, 0.1) is 0 Å². The van der Waals surface area contributed by atoms with E-state index in [0.717, 1.165) is 30.6 Å². The highest BCUT2D eigenvalue weighted by Gasteiger charge is 2.30. The normalized spacial score (nSPS) is 23.7. The fourth-order valence-electron chi connectivity index (χ4n) is 3.50. The summed E-state index contributed by atoms with van der Waals surface area (Å²) in [7, 11) is 0. The fourth-order valence-corrected chi connectivity index (χ4v) is 3.50. The van der Waals surface area contributed by atoms with Crippen molar-refractivity contribution in [2.24, 2.45) is 0 Å². The SMILES string of the molecule is CC(C(=O)NC1CCCC1)N1CCC(O)c2ccccc21. The number of hydrogen-bond acceptors (Lipinski definition) is 3. The van der Waals surface area contributed by atoms with Gasteiger partial charge in [0.25, 0.3) is 0 Å². The van der Waals surface area contributed by atoms with Gasteiger partial charge in [0.05, 0.1) is 6.10 Å². The molecule has 2 atom stereocenters. The lowest BCUT2D eigenvalue weighted by molar-refractivity contribution is -0.122. The maximum absolute atomic E-state index is 12.5. The van der Waals surface area contributed by atoms with Gasteiger partial charge < -0.3 is 15.3 Å². The number of hydrogen-bond donors (Lipinski definition) is 2. The van der Waals surface area contributed by atoms with Crippen LogP contribution in [0.2, 0.25) is 0 Å². The van der Waals surface area contributed by atoms with Crippen LogP contribution in [0.5, 0.6) is 0 Å². The Morgan fingerprint density at radius 2 is 2.00 bits per heavy atom. The van der Waals surface area contributed by atoms with Crippen LogP contribution in [0.4, 0.5) is 5.69 Å². The number of rotatable bonds is 3. The van der Waals surface area contributed by atoms with Crippen LogP contribution in [0.15, 0.2) is 24.3 Å². The fraction of sp³-hybridized carbons (Fsp3) is 0.588. The molecule has 2 N–H and O–H groups in total. The number of amides is 1. The Morgan fingerprint density at radius 3 is 2.76 bits per heavy atom. The Hall–Kier alpha value is -1.55. The summed E-state index contributed by atoms with van der Waals surface area (Å²) in [5.41, 5.74) is 1.93. The molecule has 114 valence electrons. The van der Waals surface area contributed by atoms with E-state index in [1.807, 2.05) is 31.2 Å². The van der Waals surface area contributed by atoms with E-state index < -0.39 is 6.10 Å². The maximum atomic E-state index is 12.5. The van der Waals surface area contributed by atoms with E-state index in [2.05, 4.69) is 10.2 Å². The van der Waals surface area contributed by atoms with Gasteiger partial charge in [0.2, 0.25) is 5.91 Å². The molecule has 1 aromatic rings. The van der Waals surface area contributed by atoms with Crippen LogP contribution < -0.4 is 10.2 Å². The zero-order chi connectivity index (χ0) is 14.8. The Balaban J connectivity index is 1.74. The minimum Gasteiger partial charge on any atom is -0.388 e. The van der Waals surface area contributed by atoms with Crippen molar-refractivity contribution in [1.82, 2.24) is 5.32 Å². The van der Waals surface area contributed by atoms with Gasteiger partial charge in [-0.05, 0) is 32.3 Å². The van der Waals surface area contributed by atoms with Gasteiger partial charge >= 0.3 is 0 Å². The third-order valence-electron chi connectivity index (χ3n) is 4.80. The first kappa shape index (κ1) is 14.4. The highest BCUT2D eigenvalue weighted by Crippen LogP contribution is 2.34. The van der Waals surface area contributed by atoms with E-state index in [1.165, 1.54) is 12.8 Å². The third kappa shape index (κ3) is 2.91. The first-order chi connectivity index (χ1) is 10.2. The van der Waals surface area contributed by atoms with Crippen molar-refractivity contribution in [2.45, 2.75) is 57.2 Å². The van der Waals surface area contributed by atoms with Gasteiger partial charge in [-0.25, -0.2) is 0 Å². The minimum absolute atomic E-state index is 0.105. The molecule has 1 aliphatic heterocycles. The molecule has 1 aromatic carbocycles. The Morgan fingerprint density at radius 1 is 1.29 bits per heavy atom. The summed E-state index contributed by atoms with van der Waals surface area (Å²) in [5.74, 6) is 0.105. The largest absolute Gasteiger partial charge is 0.388 e. The smallest absolute Gasteiger partial charge is 0.242 e. The number of carbonyl (C=O) groups is 1. The van der Waals surface area contributed by atoms with Gasteiger partial charge in [0.15, 0.2) is 0 Å². The Kier molecular flexibility index (Phi) is 4.15. The second-order valence-electron chi connectivity index (χ2n) is 6.22. The quantitative estimate of drug-likeness (QED) is 0.898. The van der Waals surface area contributed by atoms with Crippen LogP contribution in [0.25, 0.3) is 0 Å². The van der Waals surface area contributed by atoms with Crippen molar-refractivity contribution in [1.29, 1.82) is 0 Å². The number of carbonyl (C=O) groups excluding carboxylic acids is 1. The third-order valence-corrected chi connectivity index (χ3v) is 4.80. The molecule has 1 aliphatic carbocycles. The summed E-state index contributed by atoms with van der Waals surface area (Å²) < 4.78 is 0. The van der Waals surface area contributed by atoms with E-state index in [1.54, 1.807) is 0 Å². The molecule has 3 rings (SSSR count). The summed E-state index contributed by atoms with van der Waals surface area (Å²) in [6.07, 6.45) is 4.91. The lowest BCUT2D eigenvalue weighted by atomic mass is 9.97. The zero-order valence-corrected chi connectivity index (χ0v) is 12.6. The second-order valence-corrected chi connectivity index (χ2v) is 6.22.